The van der Waals surface area contributed by atoms with Gasteiger partial charge in [0.25, 0.3) is 0 Å². The molecule has 2 atom stereocenters. The van der Waals surface area contributed by atoms with Crippen LogP contribution in [0.25, 0.3) is 0 Å². The molecule has 0 radical (unpaired) electrons. The number of carbonyl (C=O) groups excluding carboxylic acids is 2. The molecule has 0 bridgehead atoms. The van der Waals surface area contributed by atoms with E-state index >= 15 is 0 Å². The number of rotatable bonds is 4. The van der Waals surface area contributed by atoms with Gasteiger partial charge in [0.05, 0.1) is 12.9 Å². The Morgan fingerprint density at radius 3 is 2.38 bits per heavy atom. The third-order valence-corrected chi connectivity index (χ3v) is 3.13. The maximum Gasteiger partial charge on any atom is 0.307 e. The maximum absolute atomic E-state index is 10.7. The van der Waals surface area contributed by atoms with Gasteiger partial charge in [0.15, 0.2) is 0 Å². The molecule has 1 aliphatic carbocycles. The highest BCUT2D eigenvalue weighted by atomic mass is 16.5. The van der Waals surface area contributed by atoms with Crippen molar-refractivity contribution in [2.75, 3.05) is 6.61 Å². The minimum Gasteiger partial charge on any atom is -0.466 e. The van der Waals surface area contributed by atoms with Gasteiger partial charge in [-0.2, -0.15) is 0 Å². The third kappa shape index (κ3) is 3.08. The number of hydrogen-bond donors (Lipinski definition) is 0. The summed E-state index contributed by atoms with van der Waals surface area (Å²) in [4.78, 5) is 21.2. The Morgan fingerprint density at radius 2 is 1.88 bits per heavy atom. The van der Waals surface area contributed by atoms with Crippen LogP contribution in [-0.4, -0.2) is 18.5 Å². The SMILES string of the molecule is CC(=O)OC=C[C@H]1[C@H](COC(C)=O)C1(C)C. The van der Waals surface area contributed by atoms with Crippen LogP contribution in [0.2, 0.25) is 0 Å². The summed E-state index contributed by atoms with van der Waals surface area (Å²) in [6.45, 7) is 7.39. The summed E-state index contributed by atoms with van der Waals surface area (Å²) < 4.78 is 9.71. The monoisotopic (exact) mass is 226 g/mol. The lowest BCUT2D eigenvalue weighted by atomic mass is 10.1. The molecule has 0 aromatic rings. The molecule has 16 heavy (non-hydrogen) atoms. The highest BCUT2D eigenvalue weighted by Crippen LogP contribution is 2.58. The van der Waals surface area contributed by atoms with Crippen LogP contribution in [0.1, 0.15) is 27.7 Å². The van der Waals surface area contributed by atoms with Crippen molar-refractivity contribution in [2.24, 2.45) is 17.3 Å². The Labute approximate surface area is 95.6 Å². The van der Waals surface area contributed by atoms with Gasteiger partial charge in [-0.15, -0.1) is 0 Å². The Bertz CT molecular complexity index is 317. The maximum atomic E-state index is 10.7. The molecule has 0 aromatic heterocycles. The van der Waals surface area contributed by atoms with Gasteiger partial charge < -0.3 is 9.47 Å². The molecule has 1 rings (SSSR count). The lowest BCUT2D eigenvalue weighted by molar-refractivity contribution is -0.141. The summed E-state index contributed by atoms with van der Waals surface area (Å²) in [5.74, 6) is 0.0195. The highest BCUT2D eigenvalue weighted by Gasteiger charge is 2.56. The van der Waals surface area contributed by atoms with E-state index in [4.69, 9.17) is 9.47 Å². The van der Waals surface area contributed by atoms with Crippen LogP contribution < -0.4 is 0 Å². The number of carbonyl (C=O) groups is 2. The molecular formula is C12H18O4. The molecule has 1 fully saturated rings. The standard InChI is InChI=1S/C12H18O4/c1-8(13)15-6-5-10-11(12(10,3)4)7-16-9(2)14/h5-6,10-11H,7H2,1-4H3/t10-,11-/m0/s1. The second kappa shape index (κ2) is 4.68. The van der Waals surface area contributed by atoms with Gasteiger partial charge in [-0.05, 0) is 17.4 Å². The van der Waals surface area contributed by atoms with Crippen molar-refractivity contribution in [2.45, 2.75) is 27.7 Å². The number of hydrogen-bond acceptors (Lipinski definition) is 4. The van der Waals surface area contributed by atoms with Crippen LogP contribution in [0.15, 0.2) is 12.3 Å². The first-order chi connectivity index (χ1) is 7.35. The second-order valence-corrected chi connectivity index (χ2v) is 4.69. The zero-order valence-corrected chi connectivity index (χ0v) is 10.1. The lowest BCUT2D eigenvalue weighted by Crippen LogP contribution is -2.05. The zero-order valence-electron chi connectivity index (χ0n) is 10.1. The van der Waals surface area contributed by atoms with Gasteiger partial charge in [0, 0.05) is 19.8 Å². The molecule has 0 heterocycles. The first kappa shape index (κ1) is 12.7. The smallest absolute Gasteiger partial charge is 0.307 e. The molecule has 0 N–H and O–H groups in total. The average molecular weight is 226 g/mol. The van der Waals surface area contributed by atoms with E-state index < -0.39 is 0 Å². The van der Waals surface area contributed by atoms with Crippen molar-refractivity contribution >= 4 is 11.9 Å². The lowest BCUT2D eigenvalue weighted by Gasteiger charge is -2.02. The van der Waals surface area contributed by atoms with E-state index in [0.717, 1.165) is 0 Å². The fourth-order valence-electron chi connectivity index (χ4n) is 1.91. The minimum absolute atomic E-state index is 0.103. The van der Waals surface area contributed by atoms with E-state index in [1.54, 1.807) is 0 Å². The molecule has 1 aliphatic rings. The summed E-state index contributed by atoms with van der Waals surface area (Å²) in [6.07, 6.45) is 3.28. The van der Waals surface area contributed by atoms with E-state index in [9.17, 15) is 9.59 Å². The molecule has 0 aromatic carbocycles. The van der Waals surface area contributed by atoms with Gasteiger partial charge in [-0.1, -0.05) is 13.8 Å². The Kier molecular flexibility index (Phi) is 3.73. The van der Waals surface area contributed by atoms with Crippen LogP contribution >= 0.6 is 0 Å². The van der Waals surface area contributed by atoms with Gasteiger partial charge in [0.2, 0.25) is 0 Å². The molecular weight excluding hydrogens is 208 g/mol. The van der Waals surface area contributed by atoms with Crippen molar-refractivity contribution < 1.29 is 19.1 Å². The first-order valence-corrected chi connectivity index (χ1v) is 5.33. The molecule has 0 unspecified atom stereocenters. The van der Waals surface area contributed by atoms with Crippen LogP contribution in [-0.2, 0) is 19.1 Å². The Hall–Kier alpha value is -1.32. The van der Waals surface area contributed by atoms with Crippen molar-refractivity contribution in [3.63, 3.8) is 0 Å². The topological polar surface area (TPSA) is 52.6 Å². The quantitative estimate of drug-likeness (QED) is 0.542. The normalized spacial score (nSPS) is 26.5. The molecule has 4 nitrogen and oxygen atoms in total. The van der Waals surface area contributed by atoms with Crippen LogP contribution in [0, 0.1) is 17.3 Å². The van der Waals surface area contributed by atoms with Crippen molar-refractivity contribution in [1.82, 2.24) is 0 Å². The molecule has 90 valence electrons. The van der Waals surface area contributed by atoms with Crippen molar-refractivity contribution in [1.29, 1.82) is 0 Å². The number of ether oxygens (including phenoxy) is 2. The first-order valence-electron chi connectivity index (χ1n) is 5.33. The van der Waals surface area contributed by atoms with Crippen LogP contribution in [0.5, 0.6) is 0 Å². The van der Waals surface area contributed by atoms with Gasteiger partial charge in [-0.25, -0.2) is 0 Å². The van der Waals surface area contributed by atoms with Gasteiger partial charge in [-0.3, -0.25) is 9.59 Å². The number of allylic oxidation sites excluding steroid dienone is 1. The predicted molar refractivity (Wildman–Crippen MR) is 58.3 cm³/mol. The predicted octanol–water partition coefficient (Wildman–Crippen LogP) is 1.90. The molecule has 1 saturated carbocycles. The van der Waals surface area contributed by atoms with E-state index in [2.05, 4.69) is 13.8 Å². The van der Waals surface area contributed by atoms with Crippen LogP contribution in [0.4, 0.5) is 0 Å². The fourth-order valence-corrected chi connectivity index (χ4v) is 1.91. The Morgan fingerprint density at radius 1 is 1.25 bits per heavy atom. The molecule has 4 heteroatoms. The largest absolute Gasteiger partial charge is 0.466 e. The fraction of sp³-hybridized carbons (Fsp3) is 0.667. The minimum atomic E-state index is -0.328. The average Bonchev–Trinajstić information content (AvgIpc) is 2.64. The van der Waals surface area contributed by atoms with E-state index in [-0.39, 0.29) is 17.4 Å². The van der Waals surface area contributed by atoms with Crippen LogP contribution in [0.3, 0.4) is 0 Å². The van der Waals surface area contributed by atoms with E-state index in [0.29, 0.717) is 18.4 Å². The summed E-state index contributed by atoms with van der Waals surface area (Å²) in [6, 6.07) is 0. The van der Waals surface area contributed by atoms with E-state index in [1.807, 2.05) is 6.08 Å². The summed E-state index contributed by atoms with van der Waals surface area (Å²) in [7, 11) is 0. The zero-order chi connectivity index (χ0) is 12.3. The number of esters is 2. The van der Waals surface area contributed by atoms with Gasteiger partial charge >= 0.3 is 11.9 Å². The van der Waals surface area contributed by atoms with Gasteiger partial charge in [0.1, 0.15) is 0 Å². The summed E-state index contributed by atoms with van der Waals surface area (Å²) in [5.41, 5.74) is 0.103. The molecule has 0 spiro atoms. The molecule has 0 aliphatic heterocycles. The Balaban J connectivity index is 2.41. The van der Waals surface area contributed by atoms with Crippen molar-refractivity contribution in [3.8, 4) is 0 Å². The summed E-state index contributed by atoms with van der Waals surface area (Å²) in [5, 5.41) is 0. The summed E-state index contributed by atoms with van der Waals surface area (Å²) >= 11 is 0. The second-order valence-electron chi connectivity index (χ2n) is 4.69. The highest BCUT2D eigenvalue weighted by molar-refractivity contribution is 5.66. The molecule has 0 saturated heterocycles. The molecule has 0 amide bonds. The van der Waals surface area contributed by atoms with Crippen molar-refractivity contribution in [3.05, 3.63) is 12.3 Å². The third-order valence-electron chi connectivity index (χ3n) is 3.13. The van der Waals surface area contributed by atoms with E-state index in [1.165, 1.54) is 20.1 Å².